The Hall–Kier alpha value is -3.02. The molecule has 0 fully saturated rings. The Kier molecular flexibility index (Phi) is 4.88. The highest BCUT2D eigenvalue weighted by Crippen LogP contribution is 2.33. The number of anilines is 1. The van der Waals surface area contributed by atoms with Crippen LogP contribution < -0.4 is 20.1 Å². The van der Waals surface area contributed by atoms with Gasteiger partial charge in [-0.3, -0.25) is 9.59 Å². The Morgan fingerprint density at radius 2 is 2.08 bits per heavy atom. The first kappa shape index (κ1) is 16.8. The zero-order chi connectivity index (χ0) is 17.8. The number of hydrogen-bond donors (Lipinski definition) is 2. The zero-order valence-corrected chi connectivity index (χ0v) is 14.2. The Bertz CT molecular complexity index is 804. The Morgan fingerprint density at radius 3 is 2.88 bits per heavy atom. The largest absolute Gasteiger partial charge is 0.497 e. The highest BCUT2D eigenvalue weighted by Gasteiger charge is 2.27. The summed E-state index contributed by atoms with van der Waals surface area (Å²) in [5.41, 5.74) is 2.01. The molecule has 2 aromatic carbocycles. The van der Waals surface area contributed by atoms with Crippen LogP contribution in [0.2, 0.25) is 0 Å². The van der Waals surface area contributed by atoms with Crippen LogP contribution in [-0.4, -0.2) is 31.6 Å². The van der Waals surface area contributed by atoms with Crippen molar-refractivity contribution in [1.82, 2.24) is 5.32 Å². The second kappa shape index (κ2) is 7.25. The molecule has 1 aliphatic heterocycles. The third-order valence-electron chi connectivity index (χ3n) is 4.01. The van der Waals surface area contributed by atoms with Gasteiger partial charge in [0.2, 0.25) is 0 Å². The first-order chi connectivity index (χ1) is 12.1. The van der Waals surface area contributed by atoms with Crippen LogP contribution in [0.4, 0.5) is 5.69 Å². The average molecular weight is 340 g/mol. The summed E-state index contributed by atoms with van der Waals surface area (Å²) in [4.78, 5) is 24.2. The number of nitrogens with one attached hydrogen (secondary N) is 2. The number of methoxy groups -OCH3 is 1. The molecule has 0 bridgehead atoms. The molecule has 130 valence electrons. The lowest BCUT2D eigenvalue weighted by Gasteiger charge is -2.25. The quantitative estimate of drug-likeness (QED) is 0.876. The molecule has 0 unspecified atom stereocenters. The van der Waals surface area contributed by atoms with E-state index in [4.69, 9.17) is 9.47 Å². The predicted octanol–water partition coefficient (Wildman–Crippen LogP) is 2.39. The van der Waals surface area contributed by atoms with E-state index in [1.165, 1.54) is 0 Å². The third kappa shape index (κ3) is 3.74. The molecule has 2 N–H and O–H groups in total. The Morgan fingerprint density at radius 1 is 1.28 bits per heavy atom. The fourth-order valence-electron chi connectivity index (χ4n) is 2.65. The molecule has 0 aromatic heterocycles. The number of carbonyl (C=O) groups is 2. The van der Waals surface area contributed by atoms with Crippen molar-refractivity contribution in [3.05, 3.63) is 53.6 Å². The summed E-state index contributed by atoms with van der Waals surface area (Å²) in [5, 5.41) is 5.63. The van der Waals surface area contributed by atoms with Crippen LogP contribution in [0.15, 0.2) is 42.5 Å². The van der Waals surface area contributed by atoms with Crippen molar-refractivity contribution in [2.24, 2.45) is 0 Å². The third-order valence-corrected chi connectivity index (χ3v) is 4.01. The molecule has 2 aromatic rings. The molecule has 6 nitrogen and oxygen atoms in total. The molecule has 0 radical (unpaired) electrons. The van der Waals surface area contributed by atoms with E-state index in [0.717, 1.165) is 11.3 Å². The molecule has 1 aliphatic rings. The summed E-state index contributed by atoms with van der Waals surface area (Å²) in [7, 11) is 1.62. The van der Waals surface area contributed by atoms with Gasteiger partial charge in [0.1, 0.15) is 5.75 Å². The molecular weight excluding hydrogens is 320 g/mol. The number of para-hydroxylation sites is 1. The van der Waals surface area contributed by atoms with Gasteiger partial charge in [0.05, 0.1) is 18.4 Å². The predicted molar refractivity (Wildman–Crippen MR) is 94.2 cm³/mol. The van der Waals surface area contributed by atoms with Crippen molar-refractivity contribution in [1.29, 1.82) is 0 Å². The maximum atomic E-state index is 12.5. The summed E-state index contributed by atoms with van der Waals surface area (Å²) in [6.45, 7) is 2.13. The SMILES string of the molecule is COc1cccc(CCNC(=O)c2cccc3c2O[C@@H](C)C(=O)N3)c1. The highest BCUT2D eigenvalue weighted by molar-refractivity contribution is 6.03. The number of fused-ring (bicyclic) bond motifs is 1. The number of hydrogen-bond acceptors (Lipinski definition) is 4. The molecule has 6 heteroatoms. The second-order valence-electron chi connectivity index (χ2n) is 5.79. The summed E-state index contributed by atoms with van der Waals surface area (Å²) < 4.78 is 10.8. The van der Waals surface area contributed by atoms with E-state index in [-0.39, 0.29) is 11.8 Å². The summed E-state index contributed by atoms with van der Waals surface area (Å²) in [6.07, 6.45) is 0.0598. The van der Waals surface area contributed by atoms with Gasteiger partial charge >= 0.3 is 0 Å². The molecule has 3 rings (SSSR count). The fourth-order valence-corrected chi connectivity index (χ4v) is 2.65. The van der Waals surface area contributed by atoms with Crippen molar-refractivity contribution < 1.29 is 19.1 Å². The maximum Gasteiger partial charge on any atom is 0.265 e. The van der Waals surface area contributed by atoms with Gasteiger partial charge in [-0.2, -0.15) is 0 Å². The van der Waals surface area contributed by atoms with Gasteiger partial charge in [-0.25, -0.2) is 0 Å². The molecule has 1 atom stereocenters. The number of amides is 2. The first-order valence-corrected chi connectivity index (χ1v) is 8.10. The molecule has 0 saturated carbocycles. The summed E-state index contributed by atoms with van der Waals surface area (Å²) >= 11 is 0. The number of ether oxygens (including phenoxy) is 2. The molecule has 0 saturated heterocycles. The smallest absolute Gasteiger partial charge is 0.265 e. The lowest BCUT2D eigenvalue weighted by Crippen LogP contribution is -2.36. The fraction of sp³-hybridized carbons (Fsp3) is 0.263. The molecule has 2 amide bonds. The van der Waals surface area contributed by atoms with E-state index in [1.54, 1.807) is 32.2 Å². The van der Waals surface area contributed by atoms with Crippen LogP contribution in [0.1, 0.15) is 22.8 Å². The van der Waals surface area contributed by atoms with Gasteiger partial charge in [-0.1, -0.05) is 18.2 Å². The van der Waals surface area contributed by atoms with Crippen molar-refractivity contribution in [3.8, 4) is 11.5 Å². The van der Waals surface area contributed by atoms with E-state index >= 15 is 0 Å². The van der Waals surface area contributed by atoms with Crippen LogP contribution in [0, 0.1) is 0 Å². The lowest BCUT2D eigenvalue weighted by atomic mass is 10.1. The summed E-state index contributed by atoms with van der Waals surface area (Å²) in [5.74, 6) is 0.749. The topological polar surface area (TPSA) is 76.7 Å². The zero-order valence-electron chi connectivity index (χ0n) is 14.2. The Labute approximate surface area is 146 Å². The lowest BCUT2D eigenvalue weighted by molar-refractivity contribution is -0.122. The molecule has 0 spiro atoms. The Balaban J connectivity index is 1.66. The van der Waals surface area contributed by atoms with E-state index in [0.29, 0.717) is 30.0 Å². The van der Waals surface area contributed by atoms with Crippen molar-refractivity contribution in [2.75, 3.05) is 19.0 Å². The minimum Gasteiger partial charge on any atom is -0.497 e. The van der Waals surface area contributed by atoms with E-state index in [9.17, 15) is 9.59 Å². The van der Waals surface area contributed by atoms with Gasteiger partial charge in [0.25, 0.3) is 11.8 Å². The van der Waals surface area contributed by atoms with Gasteiger partial charge in [0, 0.05) is 6.54 Å². The van der Waals surface area contributed by atoms with Crippen molar-refractivity contribution >= 4 is 17.5 Å². The second-order valence-corrected chi connectivity index (χ2v) is 5.79. The van der Waals surface area contributed by atoms with Crippen LogP contribution in [0.5, 0.6) is 11.5 Å². The van der Waals surface area contributed by atoms with Crippen LogP contribution in [0.3, 0.4) is 0 Å². The number of benzene rings is 2. The molecule has 25 heavy (non-hydrogen) atoms. The van der Waals surface area contributed by atoms with Gasteiger partial charge in [-0.15, -0.1) is 0 Å². The van der Waals surface area contributed by atoms with Crippen LogP contribution in [0.25, 0.3) is 0 Å². The van der Waals surface area contributed by atoms with Gasteiger partial charge in [0.15, 0.2) is 11.9 Å². The number of carbonyl (C=O) groups excluding carboxylic acids is 2. The first-order valence-electron chi connectivity index (χ1n) is 8.10. The van der Waals surface area contributed by atoms with Crippen molar-refractivity contribution in [3.63, 3.8) is 0 Å². The maximum absolute atomic E-state index is 12.5. The summed E-state index contributed by atoms with van der Waals surface area (Å²) in [6, 6.07) is 12.8. The monoisotopic (exact) mass is 340 g/mol. The standard InChI is InChI=1S/C19H20N2O4/c1-12-18(22)21-16-8-4-7-15(17(16)25-12)19(23)20-10-9-13-5-3-6-14(11-13)24-2/h3-8,11-12H,9-10H2,1-2H3,(H,20,23)(H,21,22)/t12-/m0/s1. The van der Waals surface area contributed by atoms with Crippen molar-refractivity contribution in [2.45, 2.75) is 19.4 Å². The average Bonchev–Trinajstić information content (AvgIpc) is 2.62. The van der Waals surface area contributed by atoms with Gasteiger partial charge in [-0.05, 0) is 43.2 Å². The van der Waals surface area contributed by atoms with E-state index in [1.807, 2.05) is 24.3 Å². The highest BCUT2D eigenvalue weighted by atomic mass is 16.5. The van der Waals surface area contributed by atoms with Gasteiger partial charge < -0.3 is 20.1 Å². The number of rotatable bonds is 5. The van der Waals surface area contributed by atoms with Crippen LogP contribution in [-0.2, 0) is 11.2 Å². The van der Waals surface area contributed by atoms with E-state index < -0.39 is 6.10 Å². The van der Waals surface area contributed by atoms with Crippen LogP contribution >= 0.6 is 0 Å². The minimum atomic E-state index is -0.627. The molecule has 1 heterocycles. The normalized spacial score (nSPS) is 15.6. The molecular formula is C19H20N2O4. The molecule has 0 aliphatic carbocycles. The minimum absolute atomic E-state index is 0.219. The van der Waals surface area contributed by atoms with E-state index in [2.05, 4.69) is 10.6 Å².